The van der Waals surface area contributed by atoms with Gasteiger partial charge in [-0.1, -0.05) is 36.5 Å². The minimum atomic E-state index is -0.945. The zero-order chi connectivity index (χ0) is 29.8. The van der Waals surface area contributed by atoms with Crippen molar-refractivity contribution in [1.29, 1.82) is 0 Å². The quantitative estimate of drug-likeness (QED) is 0.0707. The summed E-state index contributed by atoms with van der Waals surface area (Å²) in [6, 6.07) is 14.8. The summed E-state index contributed by atoms with van der Waals surface area (Å²) >= 11 is 13.9. The molecule has 0 aromatic heterocycles. The normalized spacial score (nSPS) is 10.7. The fourth-order valence-electron chi connectivity index (χ4n) is 3.24. The van der Waals surface area contributed by atoms with Crippen molar-refractivity contribution in [2.24, 2.45) is 5.10 Å². The van der Waals surface area contributed by atoms with Crippen molar-refractivity contribution in [2.45, 2.75) is 19.8 Å². The molecule has 0 spiro atoms. The Labute approximate surface area is 260 Å². The molecule has 13 heteroatoms. The number of rotatable bonds is 12. The largest absolute Gasteiger partial charge is 0.494 e. The van der Waals surface area contributed by atoms with Crippen molar-refractivity contribution < 1.29 is 28.6 Å². The highest BCUT2D eigenvalue weighted by molar-refractivity contribution is 14.1. The molecule has 0 fully saturated rings. The standard InChI is InChI=1S/C28H27Cl2IN4O6/c1-3-4-11-40-20-8-5-18(6-9-20)34-27(37)28(38)35-32-15-17-12-23(31)26(24(13-17)39-2)41-16-25(36)33-19-7-10-21(29)22(30)14-19/h5-10,12-15H,3-4,11,16H2,1-2H3,(H,33,36)(H,34,37)(H,35,38)/b32-15-. The maximum atomic E-state index is 12.3. The van der Waals surface area contributed by atoms with Crippen LogP contribution < -0.4 is 30.3 Å². The number of ether oxygens (including phenoxy) is 3. The van der Waals surface area contributed by atoms with Crippen LogP contribution in [0.1, 0.15) is 25.3 Å². The number of nitrogens with one attached hydrogen (secondary N) is 3. The Hall–Kier alpha value is -3.55. The molecule has 0 aliphatic carbocycles. The molecule has 3 aromatic rings. The van der Waals surface area contributed by atoms with Gasteiger partial charge in [-0.3, -0.25) is 14.4 Å². The molecule has 0 aliphatic rings. The van der Waals surface area contributed by atoms with E-state index in [1.165, 1.54) is 19.4 Å². The molecule has 0 radical (unpaired) electrons. The molecule has 0 aliphatic heterocycles. The molecule has 3 N–H and O–H groups in total. The van der Waals surface area contributed by atoms with Crippen molar-refractivity contribution in [1.82, 2.24) is 5.43 Å². The lowest BCUT2D eigenvalue weighted by Gasteiger charge is -2.13. The molecular weight excluding hydrogens is 686 g/mol. The minimum absolute atomic E-state index is 0.292. The number of halogens is 3. The second-order valence-electron chi connectivity index (χ2n) is 8.38. The van der Waals surface area contributed by atoms with Gasteiger partial charge in [-0.25, -0.2) is 5.43 Å². The zero-order valence-electron chi connectivity index (χ0n) is 22.1. The highest BCUT2D eigenvalue weighted by Crippen LogP contribution is 2.33. The van der Waals surface area contributed by atoms with E-state index in [1.807, 2.05) is 22.6 Å². The molecule has 0 bridgehead atoms. The number of unbranched alkanes of at least 4 members (excludes halogenated alkanes) is 1. The first-order valence-electron chi connectivity index (χ1n) is 12.3. The smallest absolute Gasteiger partial charge is 0.329 e. The monoisotopic (exact) mass is 712 g/mol. The molecule has 0 saturated carbocycles. The molecule has 0 unspecified atom stereocenters. The van der Waals surface area contributed by atoms with Gasteiger partial charge >= 0.3 is 11.8 Å². The molecule has 3 aromatic carbocycles. The summed E-state index contributed by atoms with van der Waals surface area (Å²) < 4.78 is 17.3. The third kappa shape index (κ3) is 10.1. The van der Waals surface area contributed by atoms with Gasteiger partial charge in [0, 0.05) is 11.4 Å². The molecule has 0 atom stereocenters. The second-order valence-corrected chi connectivity index (χ2v) is 10.4. The number of methoxy groups -OCH3 is 1. The maximum Gasteiger partial charge on any atom is 0.329 e. The first kappa shape index (κ1) is 32.0. The average Bonchev–Trinajstić information content (AvgIpc) is 2.95. The summed E-state index contributed by atoms with van der Waals surface area (Å²) in [5.41, 5.74) is 3.66. The van der Waals surface area contributed by atoms with Crippen LogP contribution in [0.5, 0.6) is 17.2 Å². The van der Waals surface area contributed by atoms with Crippen molar-refractivity contribution >= 4 is 81.1 Å². The molecule has 3 amide bonds. The highest BCUT2D eigenvalue weighted by atomic mass is 127. The van der Waals surface area contributed by atoms with Crippen molar-refractivity contribution in [2.75, 3.05) is 31.0 Å². The van der Waals surface area contributed by atoms with Crippen molar-refractivity contribution in [3.05, 3.63) is 73.8 Å². The number of hydrazone groups is 1. The van der Waals surface area contributed by atoms with Crippen LogP contribution in [0.25, 0.3) is 0 Å². The van der Waals surface area contributed by atoms with Crippen LogP contribution >= 0.6 is 45.8 Å². The van der Waals surface area contributed by atoms with Crippen molar-refractivity contribution in [3.63, 3.8) is 0 Å². The Morgan fingerprint density at radius 1 is 0.927 bits per heavy atom. The second kappa shape index (κ2) is 16.0. The molecule has 0 saturated heterocycles. The number of amides is 3. The maximum absolute atomic E-state index is 12.3. The molecular formula is C28H27Cl2IN4O6. The number of benzene rings is 3. The van der Waals surface area contributed by atoms with E-state index in [-0.39, 0.29) is 6.61 Å². The highest BCUT2D eigenvalue weighted by Gasteiger charge is 2.15. The topological polar surface area (TPSA) is 127 Å². The molecule has 41 heavy (non-hydrogen) atoms. The van der Waals surface area contributed by atoms with Crippen LogP contribution in [0.3, 0.4) is 0 Å². The van der Waals surface area contributed by atoms with E-state index in [1.54, 1.807) is 48.5 Å². The van der Waals surface area contributed by atoms with E-state index in [9.17, 15) is 14.4 Å². The summed E-state index contributed by atoms with van der Waals surface area (Å²) in [6.45, 7) is 2.40. The van der Waals surface area contributed by atoms with Crippen LogP contribution in [-0.2, 0) is 14.4 Å². The van der Waals surface area contributed by atoms with Crippen LogP contribution in [-0.4, -0.2) is 44.3 Å². The van der Waals surface area contributed by atoms with E-state index in [2.05, 4.69) is 28.1 Å². The van der Waals surface area contributed by atoms with Crippen LogP contribution in [0, 0.1) is 3.57 Å². The predicted octanol–water partition coefficient (Wildman–Crippen LogP) is 5.89. The van der Waals surface area contributed by atoms with Crippen LogP contribution in [0.4, 0.5) is 11.4 Å². The number of anilines is 2. The Morgan fingerprint density at radius 3 is 2.34 bits per heavy atom. The van der Waals surface area contributed by atoms with Gasteiger partial charge in [0.1, 0.15) is 5.75 Å². The summed E-state index contributed by atoms with van der Waals surface area (Å²) in [5, 5.41) is 9.71. The first-order valence-corrected chi connectivity index (χ1v) is 14.2. The first-order chi connectivity index (χ1) is 19.7. The van der Waals surface area contributed by atoms with E-state index < -0.39 is 17.7 Å². The van der Waals surface area contributed by atoms with Gasteiger partial charge in [0.25, 0.3) is 5.91 Å². The van der Waals surface area contributed by atoms with E-state index in [0.29, 0.717) is 54.4 Å². The minimum Gasteiger partial charge on any atom is -0.494 e. The summed E-state index contributed by atoms with van der Waals surface area (Å²) in [7, 11) is 1.45. The number of nitrogens with zero attached hydrogens (tertiary/aromatic N) is 1. The number of hydrogen-bond donors (Lipinski definition) is 3. The average molecular weight is 713 g/mol. The third-order valence-electron chi connectivity index (χ3n) is 5.27. The van der Waals surface area contributed by atoms with E-state index in [0.717, 1.165) is 12.8 Å². The Bertz CT molecular complexity index is 1420. The SMILES string of the molecule is CCCCOc1ccc(NC(=O)C(=O)N/N=C\c2cc(I)c(OCC(=O)Nc3ccc(Cl)c(Cl)c3)c(OC)c2)cc1. The Morgan fingerprint density at radius 2 is 1.66 bits per heavy atom. The van der Waals surface area contributed by atoms with Crippen molar-refractivity contribution in [3.8, 4) is 17.2 Å². The lowest BCUT2D eigenvalue weighted by molar-refractivity contribution is -0.136. The number of carbonyl (C=O) groups excluding carboxylic acids is 3. The lowest BCUT2D eigenvalue weighted by atomic mass is 10.2. The predicted molar refractivity (Wildman–Crippen MR) is 168 cm³/mol. The summed E-state index contributed by atoms with van der Waals surface area (Å²) in [6.07, 6.45) is 3.32. The van der Waals surface area contributed by atoms with Gasteiger partial charge < -0.3 is 24.8 Å². The fourth-order valence-corrected chi connectivity index (χ4v) is 4.32. The van der Waals surface area contributed by atoms with E-state index >= 15 is 0 Å². The van der Waals surface area contributed by atoms with Gasteiger partial charge in [-0.2, -0.15) is 5.10 Å². The van der Waals surface area contributed by atoms with E-state index in [4.69, 9.17) is 37.4 Å². The Balaban J connectivity index is 1.53. The summed E-state index contributed by atoms with van der Waals surface area (Å²) in [5.74, 6) is -0.870. The van der Waals surface area contributed by atoms with Crippen LogP contribution in [0.2, 0.25) is 10.0 Å². The number of carbonyl (C=O) groups is 3. The molecule has 10 nitrogen and oxygen atoms in total. The van der Waals surface area contributed by atoms with Gasteiger partial charge in [0.15, 0.2) is 18.1 Å². The Kier molecular flexibility index (Phi) is 12.5. The summed E-state index contributed by atoms with van der Waals surface area (Å²) in [4.78, 5) is 36.7. The van der Waals surface area contributed by atoms with Gasteiger partial charge in [0.2, 0.25) is 0 Å². The van der Waals surface area contributed by atoms with Gasteiger partial charge in [0.05, 0.1) is 33.5 Å². The zero-order valence-corrected chi connectivity index (χ0v) is 25.8. The number of hydrogen-bond acceptors (Lipinski definition) is 7. The molecule has 0 heterocycles. The lowest BCUT2D eigenvalue weighted by Crippen LogP contribution is -2.32. The molecule has 3 rings (SSSR count). The fraction of sp³-hybridized carbons (Fsp3) is 0.214. The van der Waals surface area contributed by atoms with Gasteiger partial charge in [-0.05, 0) is 89.2 Å². The van der Waals surface area contributed by atoms with Gasteiger partial charge in [-0.15, -0.1) is 0 Å². The third-order valence-corrected chi connectivity index (χ3v) is 6.81. The molecule has 216 valence electrons. The van der Waals surface area contributed by atoms with Crippen LogP contribution in [0.15, 0.2) is 59.7 Å².